The van der Waals surface area contributed by atoms with E-state index < -0.39 is 0 Å². The van der Waals surface area contributed by atoms with Crippen LogP contribution in [-0.4, -0.2) is 31.2 Å². The summed E-state index contributed by atoms with van der Waals surface area (Å²) >= 11 is 0. The fraction of sp³-hybridized carbons (Fsp3) is 0.462. The van der Waals surface area contributed by atoms with E-state index in [4.69, 9.17) is 18.9 Å². The lowest BCUT2D eigenvalue weighted by Gasteiger charge is -2.34. The predicted octanol–water partition coefficient (Wildman–Crippen LogP) is 5.42. The summed E-state index contributed by atoms with van der Waals surface area (Å²) in [6, 6.07) is 20.4. The van der Waals surface area contributed by atoms with E-state index in [1.165, 1.54) is 19.3 Å². The highest BCUT2D eigenvalue weighted by atomic mass is 16.7. The van der Waals surface area contributed by atoms with Crippen molar-refractivity contribution in [2.45, 2.75) is 69.9 Å². The van der Waals surface area contributed by atoms with Crippen molar-refractivity contribution >= 4 is 0 Å². The van der Waals surface area contributed by atoms with Gasteiger partial charge in [-0.15, -0.1) is 0 Å². The molecule has 1 saturated carbocycles. The highest BCUT2D eigenvalue weighted by molar-refractivity contribution is 5.14. The monoisotopic (exact) mass is 408 g/mol. The summed E-state index contributed by atoms with van der Waals surface area (Å²) in [5.74, 6) is 0. The smallest absolute Gasteiger partial charge is 0.177 e. The maximum Gasteiger partial charge on any atom is 0.177 e. The van der Waals surface area contributed by atoms with Gasteiger partial charge in [-0.05, 0) is 30.0 Å². The first-order chi connectivity index (χ1) is 14.9. The Kier molecular flexibility index (Phi) is 8.09. The molecular weight excluding hydrogens is 376 g/mol. The summed E-state index contributed by atoms with van der Waals surface area (Å²) < 4.78 is 24.6. The van der Waals surface area contributed by atoms with Crippen LogP contribution in [-0.2, 0) is 32.2 Å². The van der Waals surface area contributed by atoms with E-state index in [0.29, 0.717) is 25.9 Å². The van der Waals surface area contributed by atoms with Crippen molar-refractivity contribution in [2.24, 2.45) is 0 Å². The summed E-state index contributed by atoms with van der Waals surface area (Å²) in [5.41, 5.74) is 2.30. The number of benzene rings is 2. The third-order valence-corrected chi connectivity index (χ3v) is 5.69. The summed E-state index contributed by atoms with van der Waals surface area (Å²) in [6.07, 6.45) is 9.73. The van der Waals surface area contributed by atoms with Crippen molar-refractivity contribution < 1.29 is 18.9 Å². The van der Waals surface area contributed by atoms with Crippen LogP contribution in [0.3, 0.4) is 0 Å². The van der Waals surface area contributed by atoms with Crippen LogP contribution < -0.4 is 0 Å². The first-order valence-electron chi connectivity index (χ1n) is 11.1. The van der Waals surface area contributed by atoms with E-state index in [0.717, 1.165) is 24.0 Å². The number of rotatable bonds is 9. The van der Waals surface area contributed by atoms with Crippen molar-refractivity contribution in [1.82, 2.24) is 0 Å². The van der Waals surface area contributed by atoms with E-state index in [1.54, 1.807) is 0 Å². The molecule has 30 heavy (non-hydrogen) atoms. The largest absolute Gasteiger partial charge is 0.374 e. The fourth-order valence-corrected chi connectivity index (χ4v) is 4.02. The second-order valence-electron chi connectivity index (χ2n) is 8.09. The number of ether oxygens (including phenoxy) is 4. The lowest BCUT2D eigenvalue weighted by molar-refractivity contribution is -0.213. The number of hydrogen-bond acceptors (Lipinski definition) is 4. The Morgan fingerprint density at radius 3 is 2.13 bits per heavy atom. The molecule has 0 unspecified atom stereocenters. The van der Waals surface area contributed by atoms with E-state index in [1.807, 2.05) is 42.5 Å². The third-order valence-electron chi connectivity index (χ3n) is 5.69. The van der Waals surface area contributed by atoms with Crippen LogP contribution >= 0.6 is 0 Å². The average Bonchev–Trinajstić information content (AvgIpc) is 2.81. The molecule has 0 bridgehead atoms. The van der Waals surface area contributed by atoms with Crippen LogP contribution in [0.1, 0.15) is 43.2 Å². The zero-order valence-electron chi connectivity index (χ0n) is 17.5. The summed E-state index contributed by atoms with van der Waals surface area (Å²) in [7, 11) is 0. The van der Waals surface area contributed by atoms with Crippen molar-refractivity contribution in [3.63, 3.8) is 0 Å². The molecule has 2 aromatic carbocycles. The Hall–Kier alpha value is -1.98. The molecule has 0 saturated heterocycles. The molecule has 0 spiro atoms. The van der Waals surface area contributed by atoms with Crippen molar-refractivity contribution in [3.8, 4) is 0 Å². The third kappa shape index (κ3) is 6.51. The van der Waals surface area contributed by atoms with Gasteiger partial charge in [-0.3, -0.25) is 0 Å². The zero-order chi connectivity index (χ0) is 20.4. The minimum absolute atomic E-state index is 0.160. The maximum absolute atomic E-state index is 6.27. The zero-order valence-corrected chi connectivity index (χ0v) is 17.5. The summed E-state index contributed by atoms with van der Waals surface area (Å²) in [6.45, 7) is 1.57. The minimum Gasteiger partial charge on any atom is -0.374 e. The van der Waals surface area contributed by atoms with Crippen molar-refractivity contribution in [2.75, 3.05) is 6.61 Å². The molecule has 4 rings (SSSR count). The van der Waals surface area contributed by atoms with Gasteiger partial charge in [0.2, 0.25) is 0 Å². The van der Waals surface area contributed by atoms with Crippen molar-refractivity contribution in [3.05, 3.63) is 83.9 Å². The van der Waals surface area contributed by atoms with E-state index in [9.17, 15) is 0 Å². The second kappa shape index (κ2) is 11.4. The first-order valence-corrected chi connectivity index (χ1v) is 11.1. The predicted molar refractivity (Wildman–Crippen MR) is 117 cm³/mol. The standard InChI is InChI=1S/C26H32O4/c1-4-10-21(11-5-1)18-27-20-25-24(28-19-22-12-6-2-7-13-22)16-17-26(30-25)29-23-14-8-3-9-15-23/h1-2,4-7,10-13,16-17,23-26H,3,8-9,14-15,18-20H2/t24-,25-,26+/m1/s1. The van der Waals surface area contributed by atoms with E-state index in [-0.39, 0.29) is 18.5 Å². The van der Waals surface area contributed by atoms with E-state index >= 15 is 0 Å². The van der Waals surface area contributed by atoms with Crippen LogP contribution in [0, 0.1) is 0 Å². The summed E-state index contributed by atoms with van der Waals surface area (Å²) in [4.78, 5) is 0. The lowest BCUT2D eigenvalue weighted by atomic mass is 9.98. The Labute approximate surface area is 179 Å². The molecule has 0 N–H and O–H groups in total. The quantitative estimate of drug-likeness (QED) is 0.519. The van der Waals surface area contributed by atoms with Gasteiger partial charge in [0.15, 0.2) is 6.29 Å². The summed E-state index contributed by atoms with van der Waals surface area (Å²) in [5, 5.41) is 0. The Morgan fingerprint density at radius 1 is 0.767 bits per heavy atom. The van der Waals surface area contributed by atoms with Crippen LogP contribution in [0.15, 0.2) is 72.8 Å². The Morgan fingerprint density at radius 2 is 1.43 bits per heavy atom. The van der Waals surface area contributed by atoms with Crippen LogP contribution in [0.2, 0.25) is 0 Å². The van der Waals surface area contributed by atoms with Crippen molar-refractivity contribution in [1.29, 1.82) is 0 Å². The molecule has 3 atom stereocenters. The molecule has 160 valence electrons. The van der Waals surface area contributed by atoms with Crippen LogP contribution in [0.4, 0.5) is 0 Å². The highest BCUT2D eigenvalue weighted by Gasteiger charge is 2.30. The molecule has 4 heteroatoms. The highest BCUT2D eigenvalue weighted by Crippen LogP contribution is 2.25. The lowest BCUT2D eigenvalue weighted by Crippen LogP contribution is -2.42. The molecular formula is C26H32O4. The molecule has 0 amide bonds. The fourth-order valence-electron chi connectivity index (χ4n) is 4.02. The average molecular weight is 409 g/mol. The van der Waals surface area contributed by atoms with Gasteiger partial charge in [-0.1, -0.05) is 86.0 Å². The topological polar surface area (TPSA) is 36.9 Å². The molecule has 4 nitrogen and oxygen atoms in total. The van der Waals surface area contributed by atoms with Crippen LogP contribution in [0.5, 0.6) is 0 Å². The van der Waals surface area contributed by atoms with E-state index in [2.05, 4.69) is 30.3 Å². The Bertz CT molecular complexity index is 755. The van der Waals surface area contributed by atoms with Gasteiger partial charge in [0, 0.05) is 0 Å². The molecule has 1 aliphatic heterocycles. The molecule has 2 aromatic rings. The molecule has 0 aromatic heterocycles. The normalized spacial score (nSPS) is 24.7. The number of hydrogen-bond donors (Lipinski definition) is 0. The first kappa shape index (κ1) is 21.3. The van der Waals surface area contributed by atoms with Gasteiger partial charge >= 0.3 is 0 Å². The SMILES string of the molecule is C1=C[C@@H](OCc2ccccc2)[C@@H](COCc2ccccc2)O[C@@H]1OC1CCCCC1. The Balaban J connectivity index is 1.34. The van der Waals surface area contributed by atoms with Gasteiger partial charge in [0.1, 0.15) is 12.2 Å². The van der Waals surface area contributed by atoms with Gasteiger partial charge in [0.05, 0.1) is 25.9 Å². The minimum atomic E-state index is -0.324. The van der Waals surface area contributed by atoms with Gasteiger partial charge in [-0.25, -0.2) is 0 Å². The molecule has 2 aliphatic rings. The van der Waals surface area contributed by atoms with Gasteiger partial charge in [0.25, 0.3) is 0 Å². The van der Waals surface area contributed by atoms with Gasteiger partial charge < -0.3 is 18.9 Å². The molecule has 1 aliphatic carbocycles. The maximum atomic E-state index is 6.27. The molecule has 1 heterocycles. The molecule has 1 fully saturated rings. The van der Waals surface area contributed by atoms with Crippen LogP contribution in [0.25, 0.3) is 0 Å². The second-order valence-corrected chi connectivity index (χ2v) is 8.09. The molecule has 0 radical (unpaired) electrons. The van der Waals surface area contributed by atoms with Gasteiger partial charge in [-0.2, -0.15) is 0 Å².